The number of hydrogen-bond donors (Lipinski definition) is 2. The first-order valence-electron chi connectivity index (χ1n) is 5.94. The number of nitrogen functional groups attached to an aromatic ring is 1. The van der Waals surface area contributed by atoms with E-state index in [1.807, 2.05) is 12.1 Å². The fraction of sp³-hybridized carbons (Fsp3) is 0.583. The third-order valence-corrected chi connectivity index (χ3v) is 2.66. The van der Waals surface area contributed by atoms with Crippen LogP contribution in [0.3, 0.4) is 0 Å². The van der Waals surface area contributed by atoms with E-state index in [0.717, 1.165) is 38.3 Å². The lowest BCUT2D eigenvalue weighted by atomic mass is 10.3. The minimum atomic E-state index is 0.564. The second-order valence-electron chi connectivity index (χ2n) is 3.78. The Morgan fingerprint density at radius 2 is 2.12 bits per heavy atom. The molecule has 0 saturated heterocycles. The van der Waals surface area contributed by atoms with E-state index in [-0.39, 0.29) is 0 Å². The predicted octanol–water partition coefficient (Wildman–Crippen LogP) is 1.81. The molecule has 0 fully saturated rings. The van der Waals surface area contributed by atoms with E-state index in [4.69, 9.17) is 5.73 Å². The van der Waals surface area contributed by atoms with Crippen LogP contribution in [-0.2, 0) is 0 Å². The fourth-order valence-electron chi connectivity index (χ4n) is 1.63. The number of aromatic nitrogens is 1. The van der Waals surface area contributed by atoms with E-state index in [9.17, 15) is 0 Å². The summed E-state index contributed by atoms with van der Waals surface area (Å²) >= 11 is 0. The van der Waals surface area contributed by atoms with Crippen LogP contribution in [0.1, 0.15) is 20.3 Å². The Bertz CT molecular complexity index is 297. The molecule has 3 N–H and O–H groups in total. The molecule has 1 heterocycles. The molecule has 1 aromatic heterocycles. The molecule has 4 heteroatoms. The molecule has 1 rings (SSSR count). The van der Waals surface area contributed by atoms with Crippen LogP contribution in [0.15, 0.2) is 18.3 Å². The molecule has 0 unspecified atom stereocenters. The monoisotopic (exact) mass is 222 g/mol. The minimum absolute atomic E-state index is 0.564. The standard InChI is InChI=1S/C12H22N4/c1-3-16(4-2)9-5-7-14-11-6-8-15-12(13)10-11/h6,8,10H,3-5,7,9H2,1-2H3,(H3,13,14,15). The number of nitrogens with zero attached hydrogens (tertiary/aromatic N) is 2. The van der Waals surface area contributed by atoms with Gasteiger partial charge in [0.25, 0.3) is 0 Å². The second kappa shape index (κ2) is 7.06. The van der Waals surface area contributed by atoms with Crippen molar-refractivity contribution in [1.82, 2.24) is 9.88 Å². The van der Waals surface area contributed by atoms with Gasteiger partial charge in [-0.25, -0.2) is 4.98 Å². The van der Waals surface area contributed by atoms with Crippen LogP contribution in [0, 0.1) is 0 Å². The maximum Gasteiger partial charge on any atom is 0.125 e. The highest BCUT2D eigenvalue weighted by Crippen LogP contribution is 2.08. The third-order valence-electron chi connectivity index (χ3n) is 2.66. The number of nitrogens with two attached hydrogens (primary N) is 1. The summed E-state index contributed by atoms with van der Waals surface area (Å²) < 4.78 is 0. The summed E-state index contributed by atoms with van der Waals surface area (Å²) in [5.74, 6) is 0.564. The van der Waals surface area contributed by atoms with Crippen LogP contribution in [0.5, 0.6) is 0 Å². The number of nitrogens with one attached hydrogen (secondary N) is 1. The number of anilines is 2. The van der Waals surface area contributed by atoms with Gasteiger partial charge in [-0.1, -0.05) is 13.8 Å². The predicted molar refractivity (Wildman–Crippen MR) is 69.5 cm³/mol. The van der Waals surface area contributed by atoms with Gasteiger partial charge in [0.15, 0.2) is 0 Å². The largest absolute Gasteiger partial charge is 0.385 e. The highest BCUT2D eigenvalue weighted by molar-refractivity contribution is 5.49. The molecular formula is C12H22N4. The lowest BCUT2D eigenvalue weighted by Crippen LogP contribution is -2.25. The van der Waals surface area contributed by atoms with Crippen molar-refractivity contribution < 1.29 is 0 Å². The van der Waals surface area contributed by atoms with Crippen LogP contribution >= 0.6 is 0 Å². The van der Waals surface area contributed by atoms with E-state index in [2.05, 4.69) is 29.0 Å². The maximum atomic E-state index is 5.59. The Hall–Kier alpha value is -1.29. The van der Waals surface area contributed by atoms with Gasteiger partial charge in [-0.15, -0.1) is 0 Å². The summed E-state index contributed by atoms with van der Waals surface area (Å²) in [5, 5.41) is 3.34. The van der Waals surface area contributed by atoms with Crippen molar-refractivity contribution in [3.05, 3.63) is 18.3 Å². The lowest BCUT2D eigenvalue weighted by Gasteiger charge is -2.17. The zero-order valence-electron chi connectivity index (χ0n) is 10.2. The molecule has 0 amide bonds. The summed E-state index contributed by atoms with van der Waals surface area (Å²) in [6.07, 6.45) is 2.87. The number of pyridine rings is 1. The van der Waals surface area contributed by atoms with Gasteiger partial charge in [-0.05, 0) is 32.1 Å². The van der Waals surface area contributed by atoms with Crippen molar-refractivity contribution in [1.29, 1.82) is 0 Å². The SMILES string of the molecule is CCN(CC)CCCNc1ccnc(N)c1. The molecule has 0 bridgehead atoms. The molecule has 0 aliphatic heterocycles. The first kappa shape index (κ1) is 12.8. The molecule has 0 aliphatic rings. The highest BCUT2D eigenvalue weighted by Gasteiger charge is 1.98. The average Bonchev–Trinajstić information content (AvgIpc) is 2.29. The van der Waals surface area contributed by atoms with E-state index >= 15 is 0 Å². The molecular weight excluding hydrogens is 200 g/mol. The maximum absolute atomic E-state index is 5.59. The van der Waals surface area contributed by atoms with Crippen molar-refractivity contribution in [3.8, 4) is 0 Å². The average molecular weight is 222 g/mol. The molecule has 0 saturated carbocycles. The van der Waals surface area contributed by atoms with Gasteiger partial charge in [0.2, 0.25) is 0 Å². The summed E-state index contributed by atoms with van der Waals surface area (Å²) in [4.78, 5) is 6.37. The van der Waals surface area contributed by atoms with Crippen LogP contribution in [0.25, 0.3) is 0 Å². The van der Waals surface area contributed by atoms with Gasteiger partial charge < -0.3 is 16.0 Å². The second-order valence-corrected chi connectivity index (χ2v) is 3.78. The van der Waals surface area contributed by atoms with Crippen molar-refractivity contribution >= 4 is 11.5 Å². The van der Waals surface area contributed by atoms with Crippen LogP contribution < -0.4 is 11.1 Å². The van der Waals surface area contributed by atoms with Crippen molar-refractivity contribution in [3.63, 3.8) is 0 Å². The molecule has 90 valence electrons. The Morgan fingerprint density at radius 3 is 2.75 bits per heavy atom. The van der Waals surface area contributed by atoms with E-state index < -0.39 is 0 Å². The topological polar surface area (TPSA) is 54.2 Å². The van der Waals surface area contributed by atoms with Crippen LogP contribution in [0.2, 0.25) is 0 Å². The molecule has 0 atom stereocenters. The van der Waals surface area contributed by atoms with Gasteiger partial charge in [0, 0.05) is 24.5 Å². The molecule has 0 radical (unpaired) electrons. The molecule has 16 heavy (non-hydrogen) atoms. The van der Waals surface area contributed by atoms with Gasteiger partial charge in [0.1, 0.15) is 5.82 Å². The smallest absolute Gasteiger partial charge is 0.125 e. The normalized spacial score (nSPS) is 10.7. The minimum Gasteiger partial charge on any atom is -0.385 e. The third kappa shape index (κ3) is 4.49. The van der Waals surface area contributed by atoms with Gasteiger partial charge in [0.05, 0.1) is 0 Å². The van der Waals surface area contributed by atoms with Gasteiger partial charge >= 0.3 is 0 Å². The van der Waals surface area contributed by atoms with Gasteiger partial charge in [-0.3, -0.25) is 0 Å². The summed E-state index contributed by atoms with van der Waals surface area (Å²) in [6, 6.07) is 3.80. The molecule has 0 aromatic carbocycles. The Labute approximate surface area is 97.9 Å². The molecule has 4 nitrogen and oxygen atoms in total. The zero-order valence-corrected chi connectivity index (χ0v) is 10.2. The Balaban J connectivity index is 2.20. The quantitative estimate of drug-likeness (QED) is 0.691. The summed E-state index contributed by atoms with van der Waals surface area (Å²) in [5.41, 5.74) is 6.64. The lowest BCUT2D eigenvalue weighted by molar-refractivity contribution is 0.303. The van der Waals surface area contributed by atoms with E-state index in [1.165, 1.54) is 0 Å². The first-order valence-corrected chi connectivity index (χ1v) is 5.94. The zero-order chi connectivity index (χ0) is 11.8. The van der Waals surface area contributed by atoms with Crippen LogP contribution in [0.4, 0.5) is 11.5 Å². The van der Waals surface area contributed by atoms with Gasteiger partial charge in [-0.2, -0.15) is 0 Å². The van der Waals surface area contributed by atoms with Crippen molar-refractivity contribution in [2.45, 2.75) is 20.3 Å². The molecule has 1 aromatic rings. The van der Waals surface area contributed by atoms with Crippen molar-refractivity contribution in [2.75, 3.05) is 37.2 Å². The van der Waals surface area contributed by atoms with Crippen molar-refractivity contribution in [2.24, 2.45) is 0 Å². The van der Waals surface area contributed by atoms with E-state index in [0.29, 0.717) is 5.82 Å². The Morgan fingerprint density at radius 1 is 1.38 bits per heavy atom. The summed E-state index contributed by atoms with van der Waals surface area (Å²) in [6.45, 7) is 8.75. The Kier molecular flexibility index (Phi) is 5.64. The summed E-state index contributed by atoms with van der Waals surface area (Å²) in [7, 11) is 0. The first-order chi connectivity index (χ1) is 7.76. The number of rotatable bonds is 7. The molecule has 0 aliphatic carbocycles. The van der Waals surface area contributed by atoms with E-state index in [1.54, 1.807) is 6.20 Å². The molecule has 0 spiro atoms. The van der Waals surface area contributed by atoms with Crippen LogP contribution in [-0.4, -0.2) is 36.1 Å². The number of hydrogen-bond acceptors (Lipinski definition) is 4. The highest BCUT2D eigenvalue weighted by atomic mass is 15.1. The fourth-order valence-corrected chi connectivity index (χ4v) is 1.63.